The summed E-state index contributed by atoms with van der Waals surface area (Å²) in [6.07, 6.45) is 4.04. The Hall–Kier alpha value is -1.27. The van der Waals surface area contributed by atoms with Crippen molar-refractivity contribution >= 4 is 23.1 Å². The molecule has 6 heteroatoms. The van der Waals surface area contributed by atoms with Crippen molar-refractivity contribution < 1.29 is 9.66 Å². The third-order valence-electron chi connectivity index (χ3n) is 3.79. The molecule has 110 valence electrons. The minimum absolute atomic E-state index is 0.108. The van der Waals surface area contributed by atoms with Crippen LogP contribution in [0.5, 0.6) is 0 Å². The highest BCUT2D eigenvalue weighted by Crippen LogP contribution is 2.35. The molecule has 1 saturated heterocycles. The Morgan fingerprint density at radius 3 is 2.75 bits per heavy atom. The first kappa shape index (κ1) is 15.1. The molecule has 0 atom stereocenters. The normalized spacial score (nSPS) is 17.7. The number of ether oxygens (including phenoxy) is 1. The van der Waals surface area contributed by atoms with Crippen LogP contribution in [0.15, 0.2) is 18.2 Å². The van der Waals surface area contributed by atoms with Crippen LogP contribution in [0.4, 0.5) is 11.4 Å². The zero-order valence-corrected chi connectivity index (χ0v) is 12.7. The highest BCUT2D eigenvalue weighted by molar-refractivity contribution is 8.00. The summed E-state index contributed by atoms with van der Waals surface area (Å²) >= 11 is 1.82. The van der Waals surface area contributed by atoms with Crippen molar-refractivity contribution in [3.05, 3.63) is 33.9 Å². The molecule has 1 aromatic rings. The second kappa shape index (κ2) is 6.45. The number of nitro groups is 1. The summed E-state index contributed by atoms with van der Waals surface area (Å²) in [4.78, 5) is 10.8. The van der Waals surface area contributed by atoms with Crippen molar-refractivity contribution in [2.75, 3.05) is 31.3 Å². The molecule has 20 heavy (non-hydrogen) atoms. The summed E-state index contributed by atoms with van der Waals surface area (Å²) in [5.41, 5.74) is 1.64. The second-order valence-electron chi connectivity index (χ2n) is 5.13. The van der Waals surface area contributed by atoms with E-state index < -0.39 is 0 Å². The number of anilines is 1. The Kier molecular flexibility index (Phi) is 4.88. The van der Waals surface area contributed by atoms with Crippen molar-refractivity contribution in [3.8, 4) is 0 Å². The first-order valence-electron chi connectivity index (χ1n) is 6.68. The van der Waals surface area contributed by atoms with Gasteiger partial charge in [-0.3, -0.25) is 10.1 Å². The van der Waals surface area contributed by atoms with E-state index in [4.69, 9.17) is 4.74 Å². The summed E-state index contributed by atoms with van der Waals surface area (Å²) < 4.78 is 5.52. The van der Waals surface area contributed by atoms with Crippen LogP contribution in [0.3, 0.4) is 0 Å². The van der Waals surface area contributed by atoms with E-state index in [0.717, 1.165) is 38.2 Å². The molecule has 0 radical (unpaired) electrons. The van der Waals surface area contributed by atoms with Crippen LogP contribution in [0, 0.1) is 17.0 Å². The van der Waals surface area contributed by atoms with Gasteiger partial charge in [-0.05, 0) is 37.7 Å². The molecule has 1 N–H and O–H groups in total. The number of hydrogen-bond acceptors (Lipinski definition) is 5. The number of rotatable bonds is 5. The van der Waals surface area contributed by atoms with Gasteiger partial charge in [0.25, 0.3) is 5.69 Å². The van der Waals surface area contributed by atoms with Crippen molar-refractivity contribution in [2.24, 2.45) is 0 Å². The number of thioether (sulfide) groups is 1. The zero-order chi connectivity index (χ0) is 14.6. The first-order chi connectivity index (χ1) is 9.56. The molecule has 2 rings (SSSR count). The molecular weight excluding hydrogens is 276 g/mol. The molecule has 1 aliphatic heterocycles. The SMILES string of the molecule is CSC1(CNc2ccc(C)cc2[N+](=O)[O-])CCOCC1. The molecule has 1 heterocycles. The van der Waals surface area contributed by atoms with E-state index in [0.29, 0.717) is 5.69 Å². The molecular formula is C14H20N2O3S. The van der Waals surface area contributed by atoms with E-state index in [1.807, 2.05) is 24.8 Å². The molecule has 0 aromatic heterocycles. The Labute approximate surface area is 123 Å². The summed E-state index contributed by atoms with van der Waals surface area (Å²) in [6, 6.07) is 5.30. The van der Waals surface area contributed by atoms with Crippen LogP contribution in [0.1, 0.15) is 18.4 Å². The molecule has 5 nitrogen and oxygen atoms in total. The van der Waals surface area contributed by atoms with Crippen molar-refractivity contribution in [1.82, 2.24) is 0 Å². The van der Waals surface area contributed by atoms with E-state index in [1.54, 1.807) is 12.1 Å². The Morgan fingerprint density at radius 2 is 2.15 bits per heavy atom. The van der Waals surface area contributed by atoms with Gasteiger partial charge in [0.05, 0.1) is 4.92 Å². The Balaban J connectivity index is 2.11. The smallest absolute Gasteiger partial charge is 0.292 e. The van der Waals surface area contributed by atoms with Crippen molar-refractivity contribution in [2.45, 2.75) is 24.5 Å². The van der Waals surface area contributed by atoms with Gasteiger partial charge < -0.3 is 10.1 Å². The number of aryl methyl sites for hydroxylation is 1. The Morgan fingerprint density at radius 1 is 1.45 bits per heavy atom. The fourth-order valence-corrected chi connectivity index (χ4v) is 3.19. The minimum Gasteiger partial charge on any atom is -0.381 e. The maximum Gasteiger partial charge on any atom is 0.292 e. The third kappa shape index (κ3) is 3.43. The number of nitrogens with one attached hydrogen (secondary N) is 1. The second-order valence-corrected chi connectivity index (χ2v) is 6.41. The molecule has 0 aliphatic carbocycles. The van der Waals surface area contributed by atoms with Gasteiger partial charge in [0.15, 0.2) is 0 Å². The van der Waals surface area contributed by atoms with Crippen LogP contribution in [0.2, 0.25) is 0 Å². The molecule has 0 bridgehead atoms. The van der Waals surface area contributed by atoms with Crippen LogP contribution in [-0.2, 0) is 4.74 Å². The minimum atomic E-state index is -0.328. The van der Waals surface area contributed by atoms with Crippen molar-refractivity contribution in [1.29, 1.82) is 0 Å². The maximum atomic E-state index is 11.1. The molecule has 1 aromatic carbocycles. The molecule has 0 amide bonds. The molecule has 0 spiro atoms. The van der Waals surface area contributed by atoms with Crippen LogP contribution in [-0.4, -0.2) is 35.7 Å². The lowest BCUT2D eigenvalue weighted by molar-refractivity contribution is -0.384. The lowest BCUT2D eigenvalue weighted by Crippen LogP contribution is -2.39. The van der Waals surface area contributed by atoms with Gasteiger partial charge in [-0.25, -0.2) is 0 Å². The average Bonchev–Trinajstić information content (AvgIpc) is 2.47. The molecule has 1 fully saturated rings. The van der Waals surface area contributed by atoms with Crippen molar-refractivity contribution in [3.63, 3.8) is 0 Å². The van der Waals surface area contributed by atoms with Gasteiger partial charge in [0.2, 0.25) is 0 Å². The average molecular weight is 296 g/mol. The van der Waals surface area contributed by atoms with E-state index >= 15 is 0 Å². The van der Waals surface area contributed by atoms with Gasteiger partial charge in [0.1, 0.15) is 5.69 Å². The van der Waals surface area contributed by atoms with E-state index in [9.17, 15) is 10.1 Å². The van der Waals surface area contributed by atoms with Crippen LogP contribution in [0.25, 0.3) is 0 Å². The summed E-state index contributed by atoms with van der Waals surface area (Å²) in [5, 5.41) is 14.4. The highest BCUT2D eigenvalue weighted by atomic mass is 32.2. The predicted octanol–water partition coefficient (Wildman–Crippen LogP) is 3.23. The summed E-state index contributed by atoms with van der Waals surface area (Å²) in [7, 11) is 0. The number of benzene rings is 1. The summed E-state index contributed by atoms with van der Waals surface area (Å²) in [6.45, 7) is 4.11. The number of nitrogens with zero attached hydrogens (tertiary/aromatic N) is 1. The number of nitro benzene ring substituents is 1. The highest BCUT2D eigenvalue weighted by Gasteiger charge is 2.32. The standard InChI is InChI=1S/C14H20N2O3S/c1-11-3-4-12(13(9-11)16(17)18)15-10-14(20-2)5-7-19-8-6-14/h3-4,9,15H,5-8,10H2,1-2H3. The van der Waals surface area contributed by atoms with E-state index in [-0.39, 0.29) is 15.4 Å². The molecule has 0 unspecified atom stereocenters. The molecule has 0 saturated carbocycles. The number of hydrogen-bond donors (Lipinski definition) is 1. The first-order valence-corrected chi connectivity index (χ1v) is 7.91. The van der Waals surface area contributed by atoms with E-state index in [2.05, 4.69) is 11.6 Å². The van der Waals surface area contributed by atoms with Gasteiger partial charge in [-0.2, -0.15) is 11.8 Å². The fourth-order valence-electron chi connectivity index (χ4n) is 2.40. The third-order valence-corrected chi connectivity index (χ3v) is 5.21. The monoisotopic (exact) mass is 296 g/mol. The fraction of sp³-hybridized carbons (Fsp3) is 0.571. The van der Waals surface area contributed by atoms with Crippen LogP contribution < -0.4 is 5.32 Å². The van der Waals surface area contributed by atoms with Gasteiger partial charge >= 0.3 is 0 Å². The maximum absolute atomic E-state index is 11.1. The Bertz CT molecular complexity index is 487. The lowest BCUT2D eigenvalue weighted by atomic mass is 9.98. The van der Waals surface area contributed by atoms with E-state index in [1.165, 1.54) is 0 Å². The topological polar surface area (TPSA) is 64.4 Å². The van der Waals surface area contributed by atoms with Gasteiger partial charge in [0, 0.05) is 30.6 Å². The predicted molar refractivity (Wildman–Crippen MR) is 82.6 cm³/mol. The van der Waals surface area contributed by atoms with Crippen LogP contribution >= 0.6 is 11.8 Å². The van der Waals surface area contributed by atoms with Gasteiger partial charge in [-0.1, -0.05) is 6.07 Å². The lowest BCUT2D eigenvalue weighted by Gasteiger charge is -2.36. The van der Waals surface area contributed by atoms with Gasteiger partial charge in [-0.15, -0.1) is 0 Å². The quantitative estimate of drug-likeness (QED) is 0.667. The zero-order valence-electron chi connectivity index (χ0n) is 11.8. The largest absolute Gasteiger partial charge is 0.381 e. The molecule has 1 aliphatic rings. The summed E-state index contributed by atoms with van der Waals surface area (Å²) in [5.74, 6) is 0.